The van der Waals surface area contributed by atoms with Gasteiger partial charge in [-0.15, -0.1) is 0 Å². The summed E-state index contributed by atoms with van der Waals surface area (Å²) in [4.78, 5) is 3.55. The van der Waals surface area contributed by atoms with Crippen LogP contribution in [0.25, 0.3) is 0 Å². The Balaban J connectivity index is 2.80. The summed E-state index contributed by atoms with van der Waals surface area (Å²) in [7, 11) is -3.84. The largest absolute Gasteiger partial charge is 0.261 e. The molecule has 0 bridgehead atoms. The van der Waals surface area contributed by atoms with Crippen LogP contribution in [0.2, 0.25) is 0 Å². The molecule has 6 heteroatoms. The van der Waals surface area contributed by atoms with Gasteiger partial charge in [0.15, 0.2) is 5.82 Å². The predicted molar refractivity (Wildman–Crippen MR) is 63.5 cm³/mol. The maximum absolute atomic E-state index is 13.3. The average Bonchev–Trinajstić information content (AvgIpc) is 2.30. The molecule has 0 unspecified atom stereocenters. The van der Waals surface area contributed by atoms with E-state index in [9.17, 15) is 12.8 Å². The van der Waals surface area contributed by atoms with E-state index in [4.69, 9.17) is 0 Å². The third-order valence-corrected chi connectivity index (χ3v) is 4.05. The number of halogens is 1. The van der Waals surface area contributed by atoms with Crippen molar-refractivity contribution in [2.45, 2.75) is 31.7 Å². The summed E-state index contributed by atoms with van der Waals surface area (Å²) in [5.41, 5.74) is 0. The highest BCUT2D eigenvalue weighted by molar-refractivity contribution is 7.89. The van der Waals surface area contributed by atoms with Crippen LogP contribution in [0.3, 0.4) is 0 Å². The van der Waals surface area contributed by atoms with E-state index >= 15 is 0 Å². The maximum atomic E-state index is 13.3. The normalized spacial score (nSPS) is 12.0. The second kappa shape index (κ2) is 6.07. The lowest BCUT2D eigenvalue weighted by Crippen LogP contribution is -2.30. The Morgan fingerprint density at radius 1 is 1.41 bits per heavy atom. The molecule has 0 amide bonds. The third-order valence-electron chi connectivity index (χ3n) is 2.70. The first-order chi connectivity index (χ1) is 8.01. The molecule has 0 atom stereocenters. The lowest BCUT2D eigenvalue weighted by molar-refractivity contribution is 0.475. The van der Waals surface area contributed by atoms with Gasteiger partial charge in [-0.25, -0.2) is 22.5 Å². The minimum Gasteiger partial charge on any atom is -0.241 e. The molecule has 0 saturated carbocycles. The Hall–Kier alpha value is -1.01. The highest BCUT2D eigenvalue weighted by Crippen LogP contribution is 2.11. The Kier molecular flexibility index (Phi) is 5.02. The van der Waals surface area contributed by atoms with Gasteiger partial charge in [-0.3, -0.25) is 0 Å². The van der Waals surface area contributed by atoms with Crippen molar-refractivity contribution in [3.63, 3.8) is 0 Å². The van der Waals surface area contributed by atoms with Crippen LogP contribution >= 0.6 is 0 Å². The second-order valence-corrected chi connectivity index (χ2v) is 5.51. The zero-order chi connectivity index (χ0) is 12.9. The van der Waals surface area contributed by atoms with Crippen LogP contribution in [0.4, 0.5) is 4.39 Å². The van der Waals surface area contributed by atoms with E-state index in [2.05, 4.69) is 9.71 Å². The molecule has 0 saturated heterocycles. The van der Waals surface area contributed by atoms with Crippen molar-refractivity contribution in [2.24, 2.45) is 5.92 Å². The fourth-order valence-electron chi connectivity index (χ4n) is 1.44. The van der Waals surface area contributed by atoms with Gasteiger partial charge in [0.2, 0.25) is 5.03 Å². The van der Waals surface area contributed by atoms with Gasteiger partial charge in [0.05, 0.1) is 0 Å². The van der Waals surface area contributed by atoms with E-state index in [0.29, 0.717) is 6.54 Å². The molecular formula is C11H17FN2O2S. The fourth-order valence-corrected chi connectivity index (χ4v) is 2.56. The predicted octanol–water partition coefficient (Wildman–Crippen LogP) is 1.94. The molecular weight excluding hydrogens is 243 g/mol. The monoisotopic (exact) mass is 260 g/mol. The summed E-state index contributed by atoms with van der Waals surface area (Å²) in [6.07, 6.45) is 3.02. The molecule has 0 aliphatic carbocycles. The molecule has 0 aliphatic heterocycles. The molecule has 1 aromatic heterocycles. The molecule has 1 N–H and O–H groups in total. The van der Waals surface area contributed by atoms with Crippen molar-refractivity contribution in [1.82, 2.24) is 9.71 Å². The Labute approximate surface area is 101 Å². The Morgan fingerprint density at radius 3 is 2.59 bits per heavy atom. The van der Waals surface area contributed by atoms with E-state index in [-0.39, 0.29) is 5.92 Å². The van der Waals surface area contributed by atoms with Gasteiger partial charge in [-0.1, -0.05) is 26.7 Å². The Morgan fingerprint density at radius 2 is 2.06 bits per heavy atom. The molecule has 4 nitrogen and oxygen atoms in total. The van der Waals surface area contributed by atoms with Crippen LogP contribution in [-0.4, -0.2) is 19.9 Å². The third kappa shape index (κ3) is 3.74. The molecule has 1 rings (SSSR count). The van der Waals surface area contributed by atoms with Gasteiger partial charge < -0.3 is 0 Å². The number of sulfonamides is 1. The standard InChI is InChI=1S/C11H17FN2O2S/c1-3-9(4-2)8-14-17(15,16)11-10(12)6-5-7-13-11/h5-7,9,14H,3-4,8H2,1-2H3. The number of rotatable bonds is 6. The molecule has 0 fully saturated rings. The van der Waals surface area contributed by atoms with Crippen LogP contribution in [0.15, 0.2) is 23.4 Å². The lowest BCUT2D eigenvalue weighted by Gasteiger charge is -2.13. The van der Waals surface area contributed by atoms with Crippen LogP contribution in [0.5, 0.6) is 0 Å². The number of aromatic nitrogens is 1. The van der Waals surface area contributed by atoms with Crippen molar-refractivity contribution < 1.29 is 12.8 Å². The number of hydrogen-bond acceptors (Lipinski definition) is 3. The van der Waals surface area contributed by atoms with Crippen molar-refractivity contribution in [1.29, 1.82) is 0 Å². The second-order valence-electron chi connectivity index (χ2n) is 3.82. The smallest absolute Gasteiger partial charge is 0.241 e. The van der Waals surface area contributed by atoms with Crippen molar-refractivity contribution >= 4 is 10.0 Å². The van der Waals surface area contributed by atoms with Crippen LogP contribution in [0.1, 0.15) is 26.7 Å². The number of hydrogen-bond donors (Lipinski definition) is 1. The first-order valence-corrected chi connectivity index (χ1v) is 7.09. The number of nitrogens with one attached hydrogen (secondary N) is 1. The number of nitrogens with zero attached hydrogens (tertiary/aromatic N) is 1. The van der Waals surface area contributed by atoms with E-state index in [0.717, 1.165) is 18.9 Å². The summed E-state index contributed by atoms with van der Waals surface area (Å²) in [5, 5.41) is -0.536. The van der Waals surface area contributed by atoms with Gasteiger partial charge in [-0.05, 0) is 18.1 Å². The van der Waals surface area contributed by atoms with Crippen molar-refractivity contribution in [3.05, 3.63) is 24.1 Å². The quantitative estimate of drug-likeness (QED) is 0.850. The maximum Gasteiger partial charge on any atom is 0.261 e. The highest BCUT2D eigenvalue weighted by atomic mass is 32.2. The first-order valence-electron chi connectivity index (χ1n) is 5.61. The van der Waals surface area contributed by atoms with Gasteiger partial charge in [0.1, 0.15) is 0 Å². The number of pyridine rings is 1. The van der Waals surface area contributed by atoms with Crippen molar-refractivity contribution in [3.8, 4) is 0 Å². The van der Waals surface area contributed by atoms with E-state index in [1.807, 2.05) is 13.8 Å². The fraction of sp³-hybridized carbons (Fsp3) is 0.545. The highest BCUT2D eigenvalue weighted by Gasteiger charge is 2.20. The minimum atomic E-state index is -3.84. The van der Waals surface area contributed by atoms with Gasteiger partial charge >= 0.3 is 0 Å². The molecule has 1 heterocycles. The zero-order valence-corrected chi connectivity index (χ0v) is 10.8. The summed E-state index contributed by atoms with van der Waals surface area (Å²) in [5.74, 6) is -0.568. The van der Waals surface area contributed by atoms with Crippen LogP contribution in [-0.2, 0) is 10.0 Å². The van der Waals surface area contributed by atoms with Gasteiger partial charge in [0.25, 0.3) is 10.0 Å². The molecule has 1 aromatic rings. The molecule has 17 heavy (non-hydrogen) atoms. The van der Waals surface area contributed by atoms with E-state index < -0.39 is 20.9 Å². The van der Waals surface area contributed by atoms with Crippen LogP contribution in [0, 0.1) is 11.7 Å². The molecule has 0 aromatic carbocycles. The van der Waals surface area contributed by atoms with Gasteiger partial charge in [-0.2, -0.15) is 0 Å². The Bertz CT molecular complexity index is 458. The minimum absolute atomic E-state index is 0.261. The SMILES string of the molecule is CCC(CC)CNS(=O)(=O)c1ncccc1F. The average molecular weight is 260 g/mol. The zero-order valence-electron chi connectivity index (χ0n) is 9.98. The van der Waals surface area contributed by atoms with Crippen molar-refractivity contribution in [2.75, 3.05) is 6.54 Å². The molecule has 0 aliphatic rings. The summed E-state index contributed by atoms with van der Waals surface area (Å²) in [6, 6.07) is 2.44. The van der Waals surface area contributed by atoms with Crippen LogP contribution < -0.4 is 4.72 Å². The molecule has 0 spiro atoms. The summed E-state index contributed by atoms with van der Waals surface area (Å²) >= 11 is 0. The first kappa shape index (κ1) is 14.1. The summed E-state index contributed by atoms with van der Waals surface area (Å²) < 4.78 is 39.2. The van der Waals surface area contributed by atoms with E-state index in [1.165, 1.54) is 12.3 Å². The molecule has 96 valence electrons. The topological polar surface area (TPSA) is 59.1 Å². The lowest BCUT2D eigenvalue weighted by atomic mass is 10.0. The summed E-state index contributed by atoms with van der Waals surface area (Å²) in [6.45, 7) is 4.29. The van der Waals surface area contributed by atoms with Gasteiger partial charge in [0, 0.05) is 12.7 Å². The van der Waals surface area contributed by atoms with E-state index in [1.54, 1.807) is 0 Å². The molecule has 0 radical (unpaired) electrons.